The Hall–Kier alpha value is -1.57. The van der Waals surface area contributed by atoms with Gasteiger partial charge in [-0.1, -0.05) is 47.1 Å². The van der Waals surface area contributed by atoms with E-state index in [0.29, 0.717) is 0 Å². The molecule has 2 aromatic carbocycles. The molecule has 1 aromatic heterocycles. The Kier molecular flexibility index (Phi) is 6.00. The first kappa shape index (κ1) is 21.7. The van der Waals surface area contributed by atoms with Crippen molar-refractivity contribution in [3.63, 3.8) is 0 Å². The van der Waals surface area contributed by atoms with Crippen molar-refractivity contribution in [1.82, 2.24) is 4.57 Å². The quantitative estimate of drug-likeness (QED) is 0.432. The maximum absolute atomic E-state index is 2.41. The molecule has 27 heavy (non-hydrogen) atoms. The molecule has 0 aliphatic rings. The largest absolute Gasteiger partial charge is 0.367 e. The monoisotopic (exact) mass is 397 g/mol. The third kappa shape index (κ3) is 3.15. The summed E-state index contributed by atoms with van der Waals surface area (Å²) in [7, 11) is 2.17. The van der Waals surface area contributed by atoms with Crippen molar-refractivity contribution in [3.05, 3.63) is 73.9 Å². The van der Waals surface area contributed by atoms with E-state index in [1.165, 1.54) is 72.1 Å². The topological polar surface area (TPSA) is 4.93 Å². The Balaban J connectivity index is 0.00000261. The molecule has 1 nitrogen and oxygen atoms in total. The number of aryl methyl sites for hydroxylation is 3. The Morgan fingerprint density at radius 3 is 1.52 bits per heavy atom. The van der Waals surface area contributed by atoms with E-state index in [9.17, 15) is 0 Å². The van der Waals surface area contributed by atoms with Crippen LogP contribution in [0.4, 0.5) is 0 Å². The number of hydrogen-bond acceptors (Lipinski definition) is 0. The molecule has 2 heteroatoms. The van der Waals surface area contributed by atoms with Crippen molar-refractivity contribution >= 4 is 10.8 Å². The number of fused-ring (bicyclic) bond motifs is 1. The minimum atomic E-state index is 0. The van der Waals surface area contributed by atoms with E-state index >= 15 is 0 Å². The van der Waals surface area contributed by atoms with E-state index in [0.717, 1.165) is 0 Å². The van der Waals surface area contributed by atoms with Crippen LogP contribution in [0.1, 0.15) is 61.3 Å². The molecule has 0 saturated carbocycles. The molecule has 1 heterocycles. The number of aromatic nitrogens is 1. The zero-order chi connectivity index (χ0) is 19.5. The summed E-state index contributed by atoms with van der Waals surface area (Å²) in [6.07, 6.45) is 4.71. The standard InChI is InChI=1S/C25H32N.V/c1-13-14(2)18(6)22(19(7)15(13)3)11-24-25-21(9)17(5)16(4)20(8)23(25)12-26(24)10;/h11-12H,1-10H3;/q-1;. The van der Waals surface area contributed by atoms with Crippen molar-refractivity contribution in [2.75, 3.05) is 0 Å². The molecule has 0 N–H and O–H groups in total. The zero-order valence-corrected chi connectivity index (χ0v) is 19.9. The van der Waals surface area contributed by atoms with Gasteiger partial charge in [-0.15, -0.1) is 23.1 Å². The van der Waals surface area contributed by atoms with E-state index < -0.39 is 0 Å². The van der Waals surface area contributed by atoms with Crippen LogP contribution in [0.15, 0.2) is 6.20 Å². The van der Waals surface area contributed by atoms with E-state index in [-0.39, 0.29) is 18.6 Å². The predicted molar refractivity (Wildman–Crippen MR) is 114 cm³/mol. The SMILES string of the molecule is Cc1c(C)c(C)c([CH-]c2c3c(C)c(C)c(C)c(C)c3cn2C)c(C)c1C.[V]. The van der Waals surface area contributed by atoms with Gasteiger partial charge in [0, 0.05) is 31.8 Å². The normalized spacial score (nSPS) is 11.0. The van der Waals surface area contributed by atoms with Crippen LogP contribution in [-0.4, -0.2) is 4.57 Å². The summed E-state index contributed by atoms with van der Waals surface area (Å²) in [5, 5.41) is 2.79. The second-order valence-corrected chi connectivity index (χ2v) is 8.10. The van der Waals surface area contributed by atoms with Crippen molar-refractivity contribution in [3.8, 4) is 0 Å². The number of nitrogens with zero attached hydrogens (tertiary/aromatic N) is 1. The Morgan fingerprint density at radius 1 is 0.593 bits per heavy atom. The van der Waals surface area contributed by atoms with Gasteiger partial charge < -0.3 is 4.57 Å². The van der Waals surface area contributed by atoms with Gasteiger partial charge in [-0.3, -0.25) is 0 Å². The zero-order valence-electron chi connectivity index (χ0n) is 18.5. The summed E-state index contributed by atoms with van der Waals surface area (Å²) in [5.41, 5.74) is 15.4. The van der Waals surface area contributed by atoms with Crippen LogP contribution in [0, 0.1) is 68.7 Å². The molecule has 0 spiro atoms. The van der Waals surface area contributed by atoms with E-state index in [1.54, 1.807) is 0 Å². The number of hydrogen-bond donors (Lipinski definition) is 0. The molecule has 0 aliphatic carbocycles. The first-order valence-corrected chi connectivity index (χ1v) is 9.55. The summed E-state index contributed by atoms with van der Waals surface area (Å²) in [5.74, 6) is 0. The molecule has 143 valence electrons. The molecule has 3 aromatic rings. The fraction of sp³-hybridized carbons (Fsp3) is 0.400. The molecule has 0 aliphatic heterocycles. The summed E-state index contributed by atoms with van der Waals surface area (Å²) in [4.78, 5) is 0. The van der Waals surface area contributed by atoms with Crippen molar-refractivity contribution in [2.45, 2.75) is 62.3 Å². The van der Waals surface area contributed by atoms with Crippen LogP contribution < -0.4 is 0 Å². The van der Waals surface area contributed by atoms with Gasteiger partial charge in [-0.2, -0.15) is 0 Å². The van der Waals surface area contributed by atoms with Gasteiger partial charge in [-0.25, -0.2) is 0 Å². The predicted octanol–water partition coefficient (Wildman–Crippen LogP) is 6.55. The van der Waals surface area contributed by atoms with E-state index in [4.69, 9.17) is 0 Å². The summed E-state index contributed by atoms with van der Waals surface area (Å²) >= 11 is 0. The Labute approximate surface area is 177 Å². The maximum atomic E-state index is 2.41. The van der Waals surface area contributed by atoms with Gasteiger partial charge in [0.05, 0.1) is 0 Å². The van der Waals surface area contributed by atoms with Crippen molar-refractivity contribution < 1.29 is 18.6 Å². The van der Waals surface area contributed by atoms with Gasteiger partial charge in [0.15, 0.2) is 0 Å². The third-order valence-electron chi connectivity index (χ3n) is 7.03. The van der Waals surface area contributed by atoms with E-state index in [1.807, 2.05) is 0 Å². The second-order valence-electron chi connectivity index (χ2n) is 8.10. The van der Waals surface area contributed by atoms with Crippen LogP contribution >= 0.6 is 0 Å². The maximum Gasteiger partial charge on any atom is 0.00953 e. The molecule has 0 fully saturated rings. The molecule has 0 amide bonds. The second kappa shape index (κ2) is 7.45. The number of benzene rings is 2. The van der Waals surface area contributed by atoms with Gasteiger partial charge in [0.25, 0.3) is 0 Å². The van der Waals surface area contributed by atoms with E-state index in [2.05, 4.69) is 86.5 Å². The van der Waals surface area contributed by atoms with Crippen LogP contribution in [0.3, 0.4) is 0 Å². The summed E-state index contributed by atoms with van der Waals surface area (Å²) in [6, 6.07) is 0. The van der Waals surface area contributed by atoms with Gasteiger partial charge in [0.1, 0.15) is 0 Å². The van der Waals surface area contributed by atoms with Crippen molar-refractivity contribution in [2.24, 2.45) is 7.05 Å². The molecule has 0 atom stereocenters. The molecule has 0 bridgehead atoms. The summed E-state index contributed by atoms with van der Waals surface area (Å²) in [6.45, 7) is 20.3. The minimum Gasteiger partial charge on any atom is -0.367 e. The molecular formula is C25H32NV-. The Morgan fingerprint density at radius 2 is 1.00 bits per heavy atom. The molecular weight excluding hydrogens is 365 g/mol. The van der Waals surface area contributed by atoms with Crippen molar-refractivity contribution in [1.29, 1.82) is 0 Å². The smallest absolute Gasteiger partial charge is 0.00953 e. The minimum absolute atomic E-state index is 0. The fourth-order valence-electron chi connectivity index (χ4n) is 4.33. The molecule has 0 saturated heterocycles. The van der Waals surface area contributed by atoms with Crippen LogP contribution in [0.25, 0.3) is 10.8 Å². The molecule has 1 radical (unpaired) electrons. The van der Waals surface area contributed by atoms with Crippen LogP contribution in [-0.2, 0) is 25.6 Å². The van der Waals surface area contributed by atoms with Gasteiger partial charge in [-0.05, 0) is 70.7 Å². The van der Waals surface area contributed by atoms with Crippen LogP contribution in [0.2, 0.25) is 0 Å². The fourth-order valence-corrected chi connectivity index (χ4v) is 4.33. The van der Waals surface area contributed by atoms with Gasteiger partial charge in [0.2, 0.25) is 0 Å². The Bertz CT molecular complexity index is 1020. The average Bonchev–Trinajstić information content (AvgIpc) is 2.94. The van der Waals surface area contributed by atoms with Crippen LogP contribution in [0.5, 0.6) is 0 Å². The van der Waals surface area contributed by atoms with Gasteiger partial charge >= 0.3 is 0 Å². The number of rotatable bonds is 2. The molecule has 0 unspecified atom stereocenters. The first-order chi connectivity index (χ1) is 12.1. The summed E-state index contributed by atoms with van der Waals surface area (Å²) < 4.78 is 2.30. The third-order valence-corrected chi connectivity index (χ3v) is 7.03. The molecule has 3 rings (SSSR count). The average molecular weight is 397 g/mol. The first-order valence-electron chi connectivity index (χ1n) is 9.55.